The van der Waals surface area contributed by atoms with E-state index in [-0.39, 0.29) is 0 Å². The Morgan fingerprint density at radius 1 is 1.25 bits per heavy atom. The van der Waals surface area contributed by atoms with Gasteiger partial charge in [-0.1, -0.05) is 13.8 Å². The molecule has 0 fully saturated rings. The maximum absolute atomic E-state index is 3.90. The van der Waals surface area contributed by atoms with Crippen LogP contribution in [0.4, 0.5) is 0 Å². The largest absolute Gasteiger partial charge is 0.284 e. The van der Waals surface area contributed by atoms with E-state index in [1.165, 1.54) is 0 Å². The van der Waals surface area contributed by atoms with Crippen molar-refractivity contribution in [1.29, 1.82) is 0 Å². The Morgan fingerprint density at radius 2 is 2.00 bits per heavy atom. The van der Waals surface area contributed by atoms with Gasteiger partial charge in [0.2, 0.25) is 0 Å². The van der Waals surface area contributed by atoms with Crippen LogP contribution in [0.2, 0.25) is 0 Å². The third kappa shape index (κ3) is 1.42. The fraction of sp³-hybridized carbons (Fsp3) is 0.375. The van der Waals surface area contributed by atoms with Gasteiger partial charge in [-0.05, 0) is 6.92 Å². The summed E-state index contributed by atoms with van der Waals surface area (Å²) in [4.78, 5) is 3.90. The number of rotatable bonds is 0. The van der Waals surface area contributed by atoms with Gasteiger partial charge in [-0.2, -0.15) is 0 Å². The summed E-state index contributed by atoms with van der Waals surface area (Å²) < 4.78 is 1.88. The third-order valence-corrected chi connectivity index (χ3v) is 1.38. The molecule has 0 saturated heterocycles. The van der Waals surface area contributed by atoms with Crippen molar-refractivity contribution in [3.05, 3.63) is 24.4 Å². The molecular formula is C8H12N4. The Kier molecular flexibility index (Phi) is 2.74. The SMILES string of the molecule is CC.Cc1nnc2cnccn12. The molecule has 0 bridgehead atoms. The van der Waals surface area contributed by atoms with Gasteiger partial charge in [0, 0.05) is 12.4 Å². The summed E-state index contributed by atoms with van der Waals surface area (Å²) in [5, 5.41) is 7.74. The zero-order chi connectivity index (χ0) is 8.97. The van der Waals surface area contributed by atoms with Crippen LogP contribution >= 0.6 is 0 Å². The first kappa shape index (κ1) is 8.64. The van der Waals surface area contributed by atoms with Crippen LogP contribution in [0.3, 0.4) is 0 Å². The van der Waals surface area contributed by atoms with Crippen molar-refractivity contribution in [1.82, 2.24) is 19.6 Å². The molecule has 0 N–H and O–H groups in total. The lowest BCUT2D eigenvalue weighted by atomic mass is 10.6. The molecule has 0 radical (unpaired) electrons. The number of aromatic nitrogens is 4. The van der Waals surface area contributed by atoms with E-state index in [9.17, 15) is 0 Å². The first-order chi connectivity index (χ1) is 5.88. The average Bonchev–Trinajstić information content (AvgIpc) is 2.53. The summed E-state index contributed by atoms with van der Waals surface area (Å²) in [7, 11) is 0. The van der Waals surface area contributed by atoms with E-state index in [1.54, 1.807) is 12.4 Å². The minimum Gasteiger partial charge on any atom is -0.284 e. The van der Waals surface area contributed by atoms with Crippen molar-refractivity contribution in [3.63, 3.8) is 0 Å². The normalized spacial score (nSPS) is 9.25. The van der Waals surface area contributed by atoms with E-state index >= 15 is 0 Å². The van der Waals surface area contributed by atoms with Crippen molar-refractivity contribution in [3.8, 4) is 0 Å². The number of hydrogen-bond donors (Lipinski definition) is 0. The van der Waals surface area contributed by atoms with Gasteiger partial charge in [-0.25, -0.2) is 0 Å². The van der Waals surface area contributed by atoms with Gasteiger partial charge in [-0.3, -0.25) is 9.38 Å². The number of nitrogens with zero attached hydrogens (tertiary/aromatic N) is 4. The molecule has 2 heterocycles. The Balaban J connectivity index is 0.000000336. The molecule has 12 heavy (non-hydrogen) atoms. The van der Waals surface area contributed by atoms with Gasteiger partial charge in [0.25, 0.3) is 0 Å². The van der Waals surface area contributed by atoms with Gasteiger partial charge < -0.3 is 0 Å². The summed E-state index contributed by atoms with van der Waals surface area (Å²) in [6, 6.07) is 0. The molecule has 0 aliphatic carbocycles. The van der Waals surface area contributed by atoms with E-state index in [4.69, 9.17) is 0 Å². The van der Waals surface area contributed by atoms with Crippen molar-refractivity contribution in [2.24, 2.45) is 0 Å². The molecule has 0 amide bonds. The second-order valence-electron chi connectivity index (χ2n) is 2.05. The lowest BCUT2D eigenvalue weighted by Gasteiger charge is -1.88. The van der Waals surface area contributed by atoms with Crippen LogP contribution in [-0.2, 0) is 0 Å². The maximum Gasteiger partial charge on any atom is 0.179 e. The zero-order valence-electron chi connectivity index (χ0n) is 7.52. The topological polar surface area (TPSA) is 43.1 Å². The number of hydrogen-bond acceptors (Lipinski definition) is 3. The Bertz CT molecular complexity index is 353. The van der Waals surface area contributed by atoms with Gasteiger partial charge in [0.1, 0.15) is 5.82 Å². The lowest BCUT2D eigenvalue weighted by Crippen LogP contribution is -1.86. The Morgan fingerprint density at radius 3 is 2.67 bits per heavy atom. The van der Waals surface area contributed by atoms with Crippen LogP contribution in [0.5, 0.6) is 0 Å². The minimum atomic E-state index is 0.792. The highest BCUT2D eigenvalue weighted by molar-refractivity contribution is 5.33. The highest BCUT2D eigenvalue weighted by Crippen LogP contribution is 1.97. The molecule has 0 saturated carbocycles. The molecular weight excluding hydrogens is 152 g/mol. The van der Waals surface area contributed by atoms with E-state index < -0.39 is 0 Å². The second-order valence-corrected chi connectivity index (χ2v) is 2.05. The van der Waals surface area contributed by atoms with Crippen LogP contribution in [0.15, 0.2) is 18.6 Å². The van der Waals surface area contributed by atoms with Crippen molar-refractivity contribution in [2.45, 2.75) is 20.8 Å². The maximum atomic E-state index is 3.90. The molecule has 2 aromatic heterocycles. The summed E-state index contributed by atoms with van der Waals surface area (Å²) >= 11 is 0. The monoisotopic (exact) mass is 164 g/mol. The van der Waals surface area contributed by atoms with Crippen molar-refractivity contribution >= 4 is 5.65 Å². The van der Waals surface area contributed by atoms with Gasteiger partial charge >= 0.3 is 0 Å². The van der Waals surface area contributed by atoms with E-state index in [0.717, 1.165) is 11.5 Å². The molecule has 2 rings (SSSR count). The smallest absolute Gasteiger partial charge is 0.179 e. The molecule has 2 aromatic rings. The van der Waals surface area contributed by atoms with Crippen molar-refractivity contribution < 1.29 is 0 Å². The van der Waals surface area contributed by atoms with Crippen molar-refractivity contribution in [2.75, 3.05) is 0 Å². The highest BCUT2D eigenvalue weighted by Gasteiger charge is 1.96. The van der Waals surface area contributed by atoms with E-state index in [1.807, 2.05) is 31.4 Å². The average molecular weight is 164 g/mol. The van der Waals surface area contributed by atoms with Crippen LogP contribution in [0.1, 0.15) is 19.7 Å². The fourth-order valence-corrected chi connectivity index (χ4v) is 0.873. The summed E-state index contributed by atoms with van der Waals surface area (Å²) in [5.74, 6) is 0.886. The first-order valence-electron chi connectivity index (χ1n) is 3.99. The third-order valence-electron chi connectivity index (χ3n) is 1.38. The van der Waals surface area contributed by atoms with E-state index in [2.05, 4.69) is 15.2 Å². The molecule has 0 atom stereocenters. The van der Waals surface area contributed by atoms with Gasteiger partial charge in [0.15, 0.2) is 5.65 Å². The number of fused-ring (bicyclic) bond motifs is 1. The fourth-order valence-electron chi connectivity index (χ4n) is 0.873. The zero-order valence-corrected chi connectivity index (χ0v) is 7.52. The standard InChI is InChI=1S/C6H6N4.C2H6/c1-5-8-9-6-4-7-2-3-10(5)6;1-2/h2-4H,1H3;1-2H3. The Hall–Kier alpha value is -1.45. The summed E-state index contributed by atoms with van der Waals surface area (Å²) in [5.41, 5.74) is 0.792. The second kappa shape index (κ2) is 3.80. The lowest BCUT2D eigenvalue weighted by molar-refractivity contribution is 1.00. The van der Waals surface area contributed by atoms with Crippen LogP contribution in [0.25, 0.3) is 5.65 Å². The van der Waals surface area contributed by atoms with Crippen LogP contribution in [0, 0.1) is 6.92 Å². The molecule has 4 nitrogen and oxygen atoms in total. The summed E-state index contributed by atoms with van der Waals surface area (Å²) in [6.45, 7) is 5.90. The number of aryl methyl sites for hydroxylation is 1. The molecule has 4 heteroatoms. The predicted octanol–water partition coefficient (Wildman–Crippen LogP) is 1.46. The molecule has 0 aromatic carbocycles. The molecule has 0 unspecified atom stereocenters. The van der Waals surface area contributed by atoms with Crippen LogP contribution < -0.4 is 0 Å². The highest BCUT2D eigenvalue weighted by atomic mass is 15.2. The van der Waals surface area contributed by atoms with Gasteiger partial charge in [-0.15, -0.1) is 10.2 Å². The minimum absolute atomic E-state index is 0.792. The molecule has 0 spiro atoms. The predicted molar refractivity (Wildman–Crippen MR) is 46.9 cm³/mol. The Labute approximate surface area is 71.3 Å². The quantitative estimate of drug-likeness (QED) is 0.592. The van der Waals surface area contributed by atoms with E-state index in [0.29, 0.717) is 0 Å². The molecule has 64 valence electrons. The van der Waals surface area contributed by atoms with Crippen LogP contribution in [-0.4, -0.2) is 19.6 Å². The summed E-state index contributed by atoms with van der Waals surface area (Å²) in [6.07, 6.45) is 5.23. The first-order valence-corrected chi connectivity index (χ1v) is 3.99. The molecule has 0 aliphatic rings. The molecule has 0 aliphatic heterocycles. The van der Waals surface area contributed by atoms with Gasteiger partial charge in [0.05, 0.1) is 6.20 Å².